The van der Waals surface area contributed by atoms with Gasteiger partial charge >= 0.3 is 0 Å². The van der Waals surface area contributed by atoms with E-state index in [-0.39, 0.29) is 10.6 Å². The molecule has 1 aromatic heterocycles. The Morgan fingerprint density at radius 2 is 2.11 bits per heavy atom. The van der Waals surface area contributed by atoms with Gasteiger partial charge in [-0.15, -0.1) is 0 Å². The summed E-state index contributed by atoms with van der Waals surface area (Å²) in [6, 6.07) is 10.7. The van der Waals surface area contributed by atoms with Gasteiger partial charge in [0.25, 0.3) is 5.56 Å². The third-order valence-corrected chi connectivity index (χ3v) is 3.80. The maximum absolute atomic E-state index is 11.7. The summed E-state index contributed by atoms with van der Waals surface area (Å²) in [6.07, 6.45) is 2.65. The van der Waals surface area contributed by atoms with Crippen LogP contribution >= 0.6 is 11.6 Å². The SMILES string of the molecule is Cn1ncc(NC2CC2c2ccccc2)c(Cl)c1=O. The molecule has 0 bridgehead atoms. The van der Waals surface area contributed by atoms with Crippen LogP contribution < -0.4 is 10.9 Å². The minimum absolute atomic E-state index is 0.205. The van der Waals surface area contributed by atoms with E-state index in [9.17, 15) is 4.79 Å². The average Bonchev–Trinajstić information content (AvgIpc) is 3.20. The zero-order valence-electron chi connectivity index (χ0n) is 10.5. The number of rotatable bonds is 3. The van der Waals surface area contributed by atoms with Crippen LogP contribution in [-0.4, -0.2) is 15.8 Å². The van der Waals surface area contributed by atoms with Crippen molar-refractivity contribution in [3.63, 3.8) is 0 Å². The summed E-state index contributed by atoms with van der Waals surface area (Å²) in [5.74, 6) is 0.487. The second-order valence-corrected chi connectivity index (χ2v) is 5.18. The first-order chi connectivity index (χ1) is 9.16. The molecule has 3 rings (SSSR count). The lowest BCUT2D eigenvalue weighted by atomic mass is 10.1. The Bertz CT molecular complexity index is 653. The molecule has 4 nitrogen and oxygen atoms in total. The van der Waals surface area contributed by atoms with Crippen molar-refractivity contribution in [1.82, 2.24) is 9.78 Å². The van der Waals surface area contributed by atoms with Crippen molar-refractivity contribution in [2.75, 3.05) is 5.32 Å². The maximum Gasteiger partial charge on any atom is 0.287 e. The molecule has 0 aliphatic heterocycles. The summed E-state index contributed by atoms with van der Waals surface area (Å²) in [6.45, 7) is 0. The summed E-state index contributed by atoms with van der Waals surface area (Å²) in [7, 11) is 1.59. The van der Waals surface area contributed by atoms with E-state index in [0.717, 1.165) is 6.42 Å². The number of aromatic nitrogens is 2. The lowest BCUT2D eigenvalue weighted by Crippen LogP contribution is -2.21. The molecule has 2 atom stereocenters. The van der Waals surface area contributed by atoms with Gasteiger partial charge < -0.3 is 5.32 Å². The molecule has 0 spiro atoms. The smallest absolute Gasteiger partial charge is 0.287 e. The molecule has 2 unspecified atom stereocenters. The topological polar surface area (TPSA) is 46.9 Å². The third kappa shape index (κ3) is 2.36. The Kier molecular flexibility index (Phi) is 3.03. The number of benzene rings is 1. The zero-order valence-corrected chi connectivity index (χ0v) is 11.3. The minimum atomic E-state index is -0.274. The van der Waals surface area contributed by atoms with Gasteiger partial charge in [-0.2, -0.15) is 5.10 Å². The number of anilines is 1. The normalized spacial score (nSPS) is 21.2. The number of halogens is 1. The molecule has 1 aliphatic carbocycles. The summed E-state index contributed by atoms with van der Waals surface area (Å²) >= 11 is 6.03. The quantitative estimate of drug-likeness (QED) is 0.936. The second-order valence-electron chi connectivity index (χ2n) is 4.80. The molecular formula is C14H14ClN3O. The fraction of sp³-hybridized carbons (Fsp3) is 0.286. The van der Waals surface area contributed by atoms with Crippen molar-refractivity contribution < 1.29 is 0 Å². The van der Waals surface area contributed by atoms with E-state index >= 15 is 0 Å². The van der Waals surface area contributed by atoms with E-state index in [4.69, 9.17) is 11.6 Å². The van der Waals surface area contributed by atoms with Gasteiger partial charge in [0.15, 0.2) is 0 Å². The molecule has 0 saturated heterocycles. The van der Waals surface area contributed by atoms with Crippen LogP contribution in [0, 0.1) is 0 Å². The summed E-state index contributed by atoms with van der Waals surface area (Å²) in [4.78, 5) is 11.7. The van der Waals surface area contributed by atoms with Crippen LogP contribution in [0.15, 0.2) is 41.3 Å². The molecule has 0 amide bonds. The van der Waals surface area contributed by atoms with Crippen molar-refractivity contribution in [3.05, 3.63) is 57.5 Å². The highest BCUT2D eigenvalue weighted by Crippen LogP contribution is 2.43. The Balaban J connectivity index is 1.75. The Morgan fingerprint density at radius 3 is 2.84 bits per heavy atom. The second kappa shape index (κ2) is 4.70. The predicted molar refractivity (Wildman–Crippen MR) is 75.7 cm³/mol. The third-order valence-electron chi connectivity index (χ3n) is 3.44. The lowest BCUT2D eigenvalue weighted by Gasteiger charge is -2.08. The van der Waals surface area contributed by atoms with E-state index in [0.29, 0.717) is 17.6 Å². The Labute approximate surface area is 116 Å². The first-order valence-corrected chi connectivity index (χ1v) is 6.58. The monoisotopic (exact) mass is 275 g/mol. The first-order valence-electron chi connectivity index (χ1n) is 6.20. The van der Waals surface area contributed by atoms with Crippen LogP contribution in [0.3, 0.4) is 0 Å². The van der Waals surface area contributed by atoms with Crippen LogP contribution in [0.4, 0.5) is 5.69 Å². The van der Waals surface area contributed by atoms with Crippen LogP contribution in [0.25, 0.3) is 0 Å². The molecule has 1 aromatic carbocycles. The van der Waals surface area contributed by atoms with Crippen LogP contribution in [0.5, 0.6) is 0 Å². The number of hydrogen-bond acceptors (Lipinski definition) is 3. The van der Waals surface area contributed by atoms with Crippen molar-refractivity contribution in [3.8, 4) is 0 Å². The van der Waals surface area contributed by atoms with Crippen molar-refractivity contribution in [2.24, 2.45) is 7.05 Å². The zero-order chi connectivity index (χ0) is 13.4. The van der Waals surface area contributed by atoms with Gasteiger partial charge in [0.05, 0.1) is 11.9 Å². The highest BCUT2D eigenvalue weighted by Gasteiger charge is 2.38. The van der Waals surface area contributed by atoms with Crippen molar-refractivity contribution >= 4 is 17.3 Å². The van der Waals surface area contributed by atoms with E-state index < -0.39 is 0 Å². The molecule has 0 radical (unpaired) electrons. The molecule has 98 valence electrons. The molecule has 1 saturated carbocycles. The number of hydrogen-bond donors (Lipinski definition) is 1. The number of nitrogens with zero attached hydrogens (tertiary/aromatic N) is 2. The van der Waals surface area contributed by atoms with Gasteiger partial charge in [-0.3, -0.25) is 4.79 Å². The molecule has 1 N–H and O–H groups in total. The molecule has 1 fully saturated rings. The van der Waals surface area contributed by atoms with E-state index in [1.165, 1.54) is 10.2 Å². The Hall–Kier alpha value is -1.81. The fourth-order valence-electron chi connectivity index (χ4n) is 2.23. The number of nitrogens with one attached hydrogen (secondary N) is 1. The van der Waals surface area contributed by atoms with E-state index in [1.54, 1.807) is 13.2 Å². The van der Waals surface area contributed by atoms with Crippen molar-refractivity contribution in [2.45, 2.75) is 18.4 Å². The summed E-state index contributed by atoms with van der Waals surface area (Å²) in [5.41, 5.74) is 1.66. The summed E-state index contributed by atoms with van der Waals surface area (Å²) < 4.78 is 1.23. The van der Waals surface area contributed by atoms with E-state index in [1.807, 2.05) is 18.2 Å². The molecule has 2 aromatic rings. The maximum atomic E-state index is 11.7. The molecule has 19 heavy (non-hydrogen) atoms. The minimum Gasteiger partial charge on any atom is -0.379 e. The average molecular weight is 276 g/mol. The fourth-order valence-corrected chi connectivity index (χ4v) is 2.46. The first kappa shape index (κ1) is 12.2. The van der Waals surface area contributed by atoms with Crippen molar-refractivity contribution in [1.29, 1.82) is 0 Å². The van der Waals surface area contributed by atoms with Crippen LogP contribution in [-0.2, 0) is 7.05 Å². The highest BCUT2D eigenvalue weighted by atomic mass is 35.5. The molecular weight excluding hydrogens is 262 g/mol. The molecule has 1 heterocycles. The van der Waals surface area contributed by atoms with E-state index in [2.05, 4.69) is 22.5 Å². The highest BCUT2D eigenvalue weighted by molar-refractivity contribution is 6.32. The van der Waals surface area contributed by atoms with Gasteiger partial charge in [-0.05, 0) is 12.0 Å². The largest absolute Gasteiger partial charge is 0.379 e. The predicted octanol–water partition coefficient (Wildman–Crippen LogP) is 2.40. The Morgan fingerprint density at radius 1 is 1.37 bits per heavy atom. The summed E-state index contributed by atoms with van der Waals surface area (Å²) in [5, 5.41) is 7.47. The van der Waals surface area contributed by atoms with Crippen LogP contribution in [0.2, 0.25) is 5.02 Å². The van der Waals surface area contributed by atoms with Gasteiger partial charge in [-0.25, -0.2) is 4.68 Å². The standard InChI is InChI=1S/C14H14ClN3O/c1-18-14(19)13(15)12(8-16-18)17-11-7-10(11)9-5-3-2-4-6-9/h2-6,8,10-11,17H,7H2,1H3. The molecule has 1 aliphatic rings. The van der Waals surface area contributed by atoms with Gasteiger partial charge in [0.2, 0.25) is 0 Å². The van der Waals surface area contributed by atoms with Crippen LogP contribution in [0.1, 0.15) is 17.9 Å². The van der Waals surface area contributed by atoms with Gasteiger partial charge in [-0.1, -0.05) is 41.9 Å². The van der Waals surface area contributed by atoms with Gasteiger partial charge in [0, 0.05) is 19.0 Å². The van der Waals surface area contributed by atoms with Gasteiger partial charge in [0.1, 0.15) is 5.02 Å². The number of aryl methyl sites for hydroxylation is 1. The lowest BCUT2D eigenvalue weighted by molar-refractivity contribution is 0.708. The molecule has 5 heteroatoms.